The molecule has 0 aliphatic rings. The first-order valence-corrected chi connectivity index (χ1v) is 7.44. The lowest BCUT2D eigenvalue weighted by atomic mass is 10.1. The molecule has 0 heterocycles. The van der Waals surface area contributed by atoms with Crippen molar-refractivity contribution < 1.29 is 9.59 Å². The molecule has 104 valence electrons. The van der Waals surface area contributed by atoms with Crippen LogP contribution in [0.2, 0.25) is 0 Å². The van der Waals surface area contributed by atoms with Crippen molar-refractivity contribution in [2.24, 2.45) is 0 Å². The molecule has 0 aromatic carbocycles. The summed E-state index contributed by atoms with van der Waals surface area (Å²) >= 11 is 0. The van der Waals surface area contributed by atoms with Crippen molar-refractivity contribution in [3.05, 3.63) is 12.2 Å². The quantitative estimate of drug-likeness (QED) is 0.375. The smallest absolute Gasteiger partial charge is 0.155 e. The van der Waals surface area contributed by atoms with Gasteiger partial charge in [-0.1, -0.05) is 52.4 Å². The Morgan fingerprint density at radius 3 is 1.39 bits per heavy atom. The van der Waals surface area contributed by atoms with Gasteiger partial charge in [0.05, 0.1) is 0 Å². The second-order valence-electron chi connectivity index (χ2n) is 4.89. The molecular formula is C16H28O2. The van der Waals surface area contributed by atoms with Crippen molar-refractivity contribution in [1.82, 2.24) is 0 Å². The maximum absolute atomic E-state index is 11.4. The molecule has 0 rings (SSSR count). The topological polar surface area (TPSA) is 34.1 Å². The fourth-order valence-electron chi connectivity index (χ4n) is 1.80. The molecule has 0 aliphatic heterocycles. The van der Waals surface area contributed by atoms with Crippen LogP contribution in [0.5, 0.6) is 0 Å². The van der Waals surface area contributed by atoms with Crippen LogP contribution in [0.25, 0.3) is 0 Å². The van der Waals surface area contributed by atoms with E-state index in [1.807, 2.05) is 0 Å². The minimum atomic E-state index is 0.0908. The average Bonchev–Trinajstić information content (AvgIpc) is 2.37. The zero-order valence-corrected chi connectivity index (χ0v) is 12.0. The summed E-state index contributed by atoms with van der Waals surface area (Å²) in [5, 5.41) is 0. The summed E-state index contributed by atoms with van der Waals surface area (Å²) in [5.41, 5.74) is 0. The van der Waals surface area contributed by atoms with Gasteiger partial charge in [0.2, 0.25) is 0 Å². The first kappa shape index (κ1) is 17.1. The van der Waals surface area contributed by atoms with Crippen molar-refractivity contribution in [2.45, 2.75) is 78.1 Å². The first-order chi connectivity index (χ1) is 8.70. The number of hydrogen-bond acceptors (Lipinski definition) is 2. The molecule has 2 heteroatoms. The minimum absolute atomic E-state index is 0.0908. The van der Waals surface area contributed by atoms with Gasteiger partial charge in [0.1, 0.15) is 0 Å². The summed E-state index contributed by atoms with van der Waals surface area (Å²) < 4.78 is 0. The van der Waals surface area contributed by atoms with Crippen LogP contribution in [0.1, 0.15) is 78.1 Å². The molecule has 2 nitrogen and oxygen atoms in total. The number of carbonyl (C=O) groups is 2. The Balaban J connectivity index is 3.58. The largest absolute Gasteiger partial charge is 0.295 e. The van der Waals surface area contributed by atoms with E-state index in [4.69, 9.17) is 0 Å². The Labute approximate surface area is 112 Å². The Morgan fingerprint density at radius 1 is 0.667 bits per heavy atom. The molecule has 18 heavy (non-hydrogen) atoms. The number of allylic oxidation sites excluding steroid dienone is 2. The molecule has 0 spiro atoms. The maximum atomic E-state index is 11.4. The molecule has 0 amide bonds. The van der Waals surface area contributed by atoms with Gasteiger partial charge in [0.15, 0.2) is 11.6 Å². The maximum Gasteiger partial charge on any atom is 0.155 e. The van der Waals surface area contributed by atoms with Gasteiger partial charge in [-0.15, -0.1) is 0 Å². The van der Waals surface area contributed by atoms with Crippen LogP contribution in [0, 0.1) is 0 Å². The van der Waals surface area contributed by atoms with E-state index in [0.29, 0.717) is 12.8 Å². The molecule has 0 unspecified atom stereocenters. The lowest BCUT2D eigenvalue weighted by molar-refractivity contribution is -0.116. The third kappa shape index (κ3) is 11.6. The summed E-state index contributed by atoms with van der Waals surface area (Å²) in [4.78, 5) is 22.9. The third-order valence-corrected chi connectivity index (χ3v) is 3.01. The highest BCUT2D eigenvalue weighted by Gasteiger charge is 2.00. The van der Waals surface area contributed by atoms with Gasteiger partial charge < -0.3 is 0 Å². The third-order valence-electron chi connectivity index (χ3n) is 3.01. The molecule has 0 aromatic rings. The summed E-state index contributed by atoms with van der Waals surface area (Å²) in [5.74, 6) is 0.182. The van der Waals surface area contributed by atoms with E-state index in [1.54, 1.807) is 0 Å². The summed E-state index contributed by atoms with van der Waals surface area (Å²) in [7, 11) is 0. The van der Waals surface area contributed by atoms with Crippen LogP contribution in [-0.4, -0.2) is 11.6 Å². The number of ketones is 2. The molecular weight excluding hydrogens is 224 g/mol. The first-order valence-electron chi connectivity index (χ1n) is 7.44. The van der Waals surface area contributed by atoms with Gasteiger partial charge in [0, 0.05) is 12.8 Å². The van der Waals surface area contributed by atoms with E-state index in [-0.39, 0.29) is 11.6 Å². The van der Waals surface area contributed by atoms with Crippen LogP contribution >= 0.6 is 0 Å². The molecule has 0 saturated carbocycles. The molecule has 0 fully saturated rings. The molecule has 0 atom stereocenters. The summed E-state index contributed by atoms with van der Waals surface area (Å²) in [6.07, 6.45) is 13.0. The molecule has 0 radical (unpaired) electrons. The zero-order chi connectivity index (χ0) is 13.6. The average molecular weight is 252 g/mol. The lowest BCUT2D eigenvalue weighted by Gasteiger charge is -1.97. The zero-order valence-electron chi connectivity index (χ0n) is 12.0. The summed E-state index contributed by atoms with van der Waals surface area (Å²) in [6, 6.07) is 0. The molecule has 0 saturated heterocycles. The Kier molecular flexibility index (Phi) is 11.9. The van der Waals surface area contributed by atoms with Crippen LogP contribution < -0.4 is 0 Å². The van der Waals surface area contributed by atoms with E-state index in [9.17, 15) is 9.59 Å². The van der Waals surface area contributed by atoms with Gasteiger partial charge >= 0.3 is 0 Å². The highest BCUT2D eigenvalue weighted by Crippen LogP contribution is 2.05. The van der Waals surface area contributed by atoms with Gasteiger partial charge in [-0.3, -0.25) is 9.59 Å². The van der Waals surface area contributed by atoms with Gasteiger partial charge in [-0.05, 0) is 25.0 Å². The second kappa shape index (κ2) is 12.5. The van der Waals surface area contributed by atoms with E-state index >= 15 is 0 Å². The second-order valence-corrected chi connectivity index (χ2v) is 4.89. The number of unbranched alkanes of at least 4 members (excludes halogenated alkanes) is 6. The van der Waals surface area contributed by atoms with Gasteiger partial charge in [0.25, 0.3) is 0 Å². The Hall–Kier alpha value is -0.920. The predicted octanol–water partition coefficient (Wildman–Crippen LogP) is 4.62. The van der Waals surface area contributed by atoms with Crippen LogP contribution in [0.4, 0.5) is 0 Å². The fraction of sp³-hybridized carbons (Fsp3) is 0.750. The van der Waals surface area contributed by atoms with Crippen molar-refractivity contribution in [3.8, 4) is 0 Å². The SMILES string of the molecule is CCCCCCC(=O)/C=C/C(=O)CCCCCC. The van der Waals surface area contributed by atoms with E-state index in [1.165, 1.54) is 37.8 Å². The van der Waals surface area contributed by atoms with Gasteiger partial charge in [-0.2, -0.15) is 0 Å². The van der Waals surface area contributed by atoms with Crippen molar-refractivity contribution in [2.75, 3.05) is 0 Å². The van der Waals surface area contributed by atoms with Crippen LogP contribution in [0.15, 0.2) is 12.2 Å². The minimum Gasteiger partial charge on any atom is -0.295 e. The van der Waals surface area contributed by atoms with Crippen molar-refractivity contribution in [3.63, 3.8) is 0 Å². The normalized spacial score (nSPS) is 11.0. The number of carbonyl (C=O) groups excluding carboxylic acids is 2. The fourth-order valence-corrected chi connectivity index (χ4v) is 1.80. The monoisotopic (exact) mass is 252 g/mol. The molecule has 0 N–H and O–H groups in total. The Morgan fingerprint density at radius 2 is 1.06 bits per heavy atom. The van der Waals surface area contributed by atoms with Crippen LogP contribution in [-0.2, 0) is 9.59 Å². The van der Waals surface area contributed by atoms with E-state index in [0.717, 1.165) is 25.7 Å². The van der Waals surface area contributed by atoms with Crippen LogP contribution in [0.3, 0.4) is 0 Å². The standard InChI is InChI=1S/C16H28O2/c1-3-5-7-9-11-15(17)13-14-16(18)12-10-8-6-4-2/h13-14H,3-12H2,1-2H3/b14-13+. The highest BCUT2D eigenvalue weighted by molar-refractivity contribution is 5.98. The van der Waals surface area contributed by atoms with Gasteiger partial charge in [-0.25, -0.2) is 0 Å². The van der Waals surface area contributed by atoms with E-state index in [2.05, 4.69) is 13.8 Å². The van der Waals surface area contributed by atoms with Crippen molar-refractivity contribution in [1.29, 1.82) is 0 Å². The molecule has 0 aliphatic carbocycles. The summed E-state index contributed by atoms with van der Waals surface area (Å²) in [6.45, 7) is 4.30. The number of hydrogen-bond donors (Lipinski definition) is 0. The Bertz CT molecular complexity index is 228. The lowest BCUT2D eigenvalue weighted by Crippen LogP contribution is -1.97. The molecule has 0 bridgehead atoms. The van der Waals surface area contributed by atoms with Crippen molar-refractivity contribution >= 4 is 11.6 Å². The highest BCUT2D eigenvalue weighted by atomic mass is 16.1. The predicted molar refractivity (Wildman–Crippen MR) is 76.7 cm³/mol. The van der Waals surface area contributed by atoms with E-state index < -0.39 is 0 Å². The molecule has 0 aromatic heterocycles. The number of rotatable bonds is 12.